The molecule has 0 aliphatic heterocycles. The van der Waals surface area contributed by atoms with Crippen LogP contribution in [0, 0.1) is 12.8 Å². The van der Waals surface area contributed by atoms with Crippen LogP contribution in [0.15, 0.2) is 22.7 Å². The van der Waals surface area contributed by atoms with Gasteiger partial charge in [0.25, 0.3) is 0 Å². The van der Waals surface area contributed by atoms with E-state index in [9.17, 15) is 9.59 Å². The van der Waals surface area contributed by atoms with Crippen LogP contribution in [0.5, 0.6) is 0 Å². The number of rotatable bonds is 6. The van der Waals surface area contributed by atoms with E-state index in [4.69, 9.17) is 5.11 Å². The highest BCUT2D eigenvalue weighted by atomic mass is 79.9. The highest BCUT2D eigenvalue weighted by Gasteiger charge is 2.30. The molecular weight excluding hydrogens is 322 g/mol. The fraction of sp³-hybridized carbons (Fsp3) is 0.467. The molecule has 0 saturated heterocycles. The number of carboxylic acid groups (broad SMARTS) is 1. The van der Waals surface area contributed by atoms with Crippen molar-refractivity contribution in [2.24, 2.45) is 5.92 Å². The molecule has 1 fully saturated rings. The van der Waals surface area contributed by atoms with E-state index in [2.05, 4.69) is 21.2 Å². The number of halogens is 1. The molecule has 1 aliphatic carbocycles. The Labute approximate surface area is 126 Å². The maximum atomic E-state index is 12.0. The van der Waals surface area contributed by atoms with Gasteiger partial charge in [-0.1, -0.05) is 34.8 Å². The normalized spacial score (nSPS) is 15.7. The first kappa shape index (κ1) is 15.0. The number of nitrogens with one attached hydrogen (secondary N) is 1. The monoisotopic (exact) mass is 339 g/mol. The van der Waals surface area contributed by atoms with E-state index in [-0.39, 0.29) is 12.3 Å². The van der Waals surface area contributed by atoms with Crippen LogP contribution in [-0.4, -0.2) is 23.0 Å². The molecule has 0 spiro atoms. The molecule has 1 aromatic carbocycles. The summed E-state index contributed by atoms with van der Waals surface area (Å²) < 4.78 is 0.969. The lowest BCUT2D eigenvalue weighted by Crippen LogP contribution is -2.41. The molecule has 2 N–H and O–H groups in total. The van der Waals surface area contributed by atoms with Gasteiger partial charge in [0.15, 0.2) is 0 Å². The van der Waals surface area contributed by atoms with Crippen LogP contribution >= 0.6 is 15.9 Å². The summed E-state index contributed by atoms with van der Waals surface area (Å²) in [6, 6.07) is 4.96. The molecule has 20 heavy (non-hydrogen) atoms. The zero-order chi connectivity index (χ0) is 14.7. The second-order valence-corrected chi connectivity index (χ2v) is 6.30. The van der Waals surface area contributed by atoms with Crippen LogP contribution in [0.2, 0.25) is 0 Å². The fourth-order valence-electron chi connectivity index (χ4n) is 2.18. The van der Waals surface area contributed by atoms with Crippen LogP contribution in [0.4, 0.5) is 0 Å². The van der Waals surface area contributed by atoms with Crippen LogP contribution < -0.4 is 5.32 Å². The van der Waals surface area contributed by atoms with Gasteiger partial charge in [-0.25, -0.2) is 4.79 Å². The van der Waals surface area contributed by atoms with E-state index >= 15 is 0 Å². The Balaban J connectivity index is 1.94. The first-order chi connectivity index (χ1) is 9.45. The summed E-state index contributed by atoms with van der Waals surface area (Å²) in [6.45, 7) is 1.94. The molecule has 1 aliphatic rings. The summed E-state index contributed by atoms with van der Waals surface area (Å²) in [7, 11) is 0. The molecule has 5 heteroatoms. The number of hydrogen-bond donors (Lipinski definition) is 2. The average Bonchev–Trinajstić information content (AvgIpc) is 3.16. The topological polar surface area (TPSA) is 66.4 Å². The minimum atomic E-state index is -0.947. The lowest BCUT2D eigenvalue weighted by Gasteiger charge is -2.14. The van der Waals surface area contributed by atoms with E-state index in [0.717, 1.165) is 28.4 Å². The van der Waals surface area contributed by atoms with Crippen LogP contribution in [0.3, 0.4) is 0 Å². The van der Waals surface area contributed by atoms with Gasteiger partial charge < -0.3 is 10.4 Å². The predicted octanol–water partition coefficient (Wildman–Crippen LogP) is 2.67. The van der Waals surface area contributed by atoms with Gasteiger partial charge in [0.2, 0.25) is 5.91 Å². The van der Waals surface area contributed by atoms with Crippen molar-refractivity contribution in [1.29, 1.82) is 0 Å². The van der Waals surface area contributed by atoms with Gasteiger partial charge in [-0.15, -0.1) is 0 Å². The standard InChI is InChI=1S/C15H18BrNO3/c1-9-6-12(16)5-4-11(9)8-14(18)17-13(15(19)20)7-10-2-3-10/h4-6,10,13H,2-3,7-8H2,1H3,(H,17,18)(H,19,20). The van der Waals surface area contributed by atoms with Gasteiger partial charge in [-0.05, 0) is 42.5 Å². The lowest BCUT2D eigenvalue weighted by molar-refractivity contribution is -0.142. The Hall–Kier alpha value is -1.36. The van der Waals surface area contributed by atoms with Crippen molar-refractivity contribution in [2.45, 2.75) is 38.6 Å². The zero-order valence-corrected chi connectivity index (χ0v) is 12.9. The third kappa shape index (κ3) is 4.34. The molecule has 1 atom stereocenters. The molecule has 1 saturated carbocycles. The van der Waals surface area contributed by atoms with Crippen molar-refractivity contribution in [3.05, 3.63) is 33.8 Å². The SMILES string of the molecule is Cc1cc(Br)ccc1CC(=O)NC(CC1CC1)C(=O)O. The van der Waals surface area contributed by atoms with Gasteiger partial charge in [0, 0.05) is 4.47 Å². The third-order valence-corrected chi connectivity index (χ3v) is 4.05. The van der Waals surface area contributed by atoms with Crippen LogP contribution in [-0.2, 0) is 16.0 Å². The lowest BCUT2D eigenvalue weighted by atomic mass is 10.0. The Bertz CT molecular complexity index is 526. The number of aryl methyl sites for hydroxylation is 1. The number of hydrogen-bond acceptors (Lipinski definition) is 2. The van der Waals surface area contributed by atoms with Gasteiger partial charge >= 0.3 is 5.97 Å². The molecule has 2 rings (SSSR count). The van der Waals surface area contributed by atoms with E-state index in [0.29, 0.717) is 12.3 Å². The number of amides is 1. The molecule has 1 aromatic rings. The summed E-state index contributed by atoms with van der Waals surface area (Å²) in [6.07, 6.45) is 2.91. The second-order valence-electron chi connectivity index (χ2n) is 5.38. The van der Waals surface area contributed by atoms with Crippen molar-refractivity contribution < 1.29 is 14.7 Å². The molecule has 1 unspecified atom stereocenters. The molecular formula is C15H18BrNO3. The van der Waals surface area contributed by atoms with Gasteiger partial charge in [0.05, 0.1) is 6.42 Å². The minimum Gasteiger partial charge on any atom is -0.480 e. The van der Waals surface area contributed by atoms with Gasteiger partial charge in [0.1, 0.15) is 6.04 Å². The molecule has 1 amide bonds. The zero-order valence-electron chi connectivity index (χ0n) is 11.4. The van der Waals surface area contributed by atoms with Crippen molar-refractivity contribution >= 4 is 27.8 Å². The largest absolute Gasteiger partial charge is 0.480 e. The molecule has 108 valence electrons. The van der Waals surface area contributed by atoms with E-state index in [1.54, 1.807) is 0 Å². The first-order valence-corrected chi connectivity index (χ1v) is 7.52. The van der Waals surface area contributed by atoms with Crippen molar-refractivity contribution in [2.75, 3.05) is 0 Å². The fourth-order valence-corrected chi connectivity index (χ4v) is 2.66. The molecule has 0 bridgehead atoms. The maximum absolute atomic E-state index is 12.0. The van der Waals surface area contributed by atoms with Gasteiger partial charge in [-0.2, -0.15) is 0 Å². The summed E-state index contributed by atoms with van der Waals surface area (Å²) in [5.41, 5.74) is 1.94. The van der Waals surface area contributed by atoms with Crippen LogP contribution in [0.1, 0.15) is 30.4 Å². The van der Waals surface area contributed by atoms with Gasteiger partial charge in [-0.3, -0.25) is 4.79 Å². The van der Waals surface area contributed by atoms with E-state index in [1.165, 1.54) is 0 Å². The number of aliphatic carboxylic acids is 1. The number of carbonyl (C=O) groups is 2. The Morgan fingerprint density at radius 2 is 2.15 bits per heavy atom. The summed E-state index contributed by atoms with van der Waals surface area (Å²) in [4.78, 5) is 23.1. The maximum Gasteiger partial charge on any atom is 0.326 e. The Kier molecular flexibility index (Phi) is 4.81. The summed E-state index contributed by atoms with van der Waals surface area (Å²) in [5.74, 6) is -0.716. The minimum absolute atomic E-state index is 0.216. The molecule has 0 radical (unpaired) electrons. The van der Waals surface area contributed by atoms with E-state index in [1.807, 2.05) is 25.1 Å². The Morgan fingerprint density at radius 3 is 2.70 bits per heavy atom. The average molecular weight is 340 g/mol. The molecule has 0 aromatic heterocycles. The number of carboxylic acids is 1. The van der Waals surface area contributed by atoms with Crippen molar-refractivity contribution in [3.63, 3.8) is 0 Å². The van der Waals surface area contributed by atoms with Crippen molar-refractivity contribution in [3.8, 4) is 0 Å². The number of benzene rings is 1. The smallest absolute Gasteiger partial charge is 0.326 e. The highest BCUT2D eigenvalue weighted by molar-refractivity contribution is 9.10. The third-order valence-electron chi connectivity index (χ3n) is 3.55. The second kappa shape index (κ2) is 6.39. The molecule has 4 nitrogen and oxygen atoms in total. The highest BCUT2D eigenvalue weighted by Crippen LogP contribution is 2.33. The Morgan fingerprint density at radius 1 is 1.45 bits per heavy atom. The van der Waals surface area contributed by atoms with Crippen LogP contribution in [0.25, 0.3) is 0 Å². The summed E-state index contributed by atoms with van der Waals surface area (Å²) >= 11 is 3.38. The quantitative estimate of drug-likeness (QED) is 0.837. The summed E-state index contributed by atoms with van der Waals surface area (Å²) in [5, 5.41) is 11.8. The predicted molar refractivity (Wildman–Crippen MR) is 79.5 cm³/mol. The van der Waals surface area contributed by atoms with Crippen molar-refractivity contribution in [1.82, 2.24) is 5.32 Å². The van der Waals surface area contributed by atoms with E-state index < -0.39 is 12.0 Å². The number of carbonyl (C=O) groups excluding carboxylic acids is 1. The first-order valence-electron chi connectivity index (χ1n) is 6.73. The molecule has 0 heterocycles.